The van der Waals surface area contributed by atoms with Gasteiger partial charge in [-0.1, -0.05) is 60.7 Å². The van der Waals surface area contributed by atoms with E-state index in [-0.39, 0.29) is 5.91 Å². The fourth-order valence-electron chi connectivity index (χ4n) is 4.74. The van der Waals surface area contributed by atoms with Crippen molar-refractivity contribution in [2.75, 3.05) is 11.9 Å². The number of carbonyl (C=O) groups is 1. The second-order valence-corrected chi connectivity index (χ2v) is 7.67. The topological polar surface area (TPSA) is 25.2 Å². The van der Waals surface area contributed by atoms with Crippen molar-refractivity contribution in [2.45, 2.75) is 12.3 Å². The van der Waals surface area contributed by atoms with Crippen molar-refractivity contribution in [3.63, 3.8) is 0 Å². The monoisotopic (exact) mass is 366 g/mol. The Bertz CT molecular complexity index is 1220. The van der Waals surface area contributed by atoms with Crippen molar-refractivity contribution in [3.05, 3.63) is 101 Å². The molecule has 3 heteroatoms. The second kappa shape index (κ2) is 5.83. The van der Waals surface area contributed by atoms with E-state index in [1.807, 2.05) is 43.4 Å². The second-order valence-electron chi connectivity index (χ2n) is 7.67. The summed E-state index contributed by atoms with van der Waals surface area (Å²) in [6, 6.07) is 24.8. The van der Waals surface area contributed by atoms with Gasteiger partial charge in [0.05, 0.1) is 0 Å². The first-order valence-electron chi connectivity index (χ1n) is 9.54. The SMILES string of the molecule is Cc1ccc2c(C3(c4ccccc4)C(=O)N(C)c4ccccc43)cn(C)c2c1. The van der Waals surface area contributed by atoms with E-state index in [9.17, 15) is 4.79 Å². The zero-order chi connectivity index (χ0) is 19.5. The quantitative estimate of drug-likeness (QED) is 0.500. The summed E-state index contributed by atoms with van der Waals surface area (Å²) in [6.45, 7) is 2.10. The maximum absolute atomic E-state index is 13.9. The minimum atomic E-state index is -0.846. The molecule has 1 atom stereocenters. The predicted molar refractivity (Wildman–Crippen MR) is 114 cm³/mol. The molecule has 1 aromatic heterocycles. The Hall–Kier alpha value is -3.33. The van der Waals surface area contributed by atoms with E-state index < -0.39 is 5.41 Å². The molecule has 1 aliphatic rings. The van der Waals surface area contributed by atoms with Crippen LogP contribution >= 0.6 is 0 Å². The molecule has 5 rings (SSSR count). The van der Waals surface area contributed by atoms with Crippen LogP contribution in [0.1, 0.15) is 22.3 Å². The molecule has 0 fully saturated rings. The normalized spacial score (nSPS) is 18.7. The van der Waals surface area contributed by atoms with Crippen LogP contribution in [0.4, 0.5) is 5.69 Å². The molecule has 1 amide bonds. The minimum absolute atomic E-state index is 0.0907. The number of amides is 1. The van der Waals surface area contributed by atoms with Crippen molar-refractivity contribution in [1.29, 1.82) is 0 Å². The van der Waals surface area contributed by atoms with Crippen LogP contribution in [0.2, 0.25) is 0 Å². The summed E-state index contributed by atoms with van der Waals surface area (Å²) in [5, 5.41) is 1.12. The van der Waals surface area contributed by atoms with Crippen LogP contribution in [0.15, 0.2) is 79.0 Å². The summed E-state index contributed by atoms with van der Waals surface area (Å²) >= 11 is 0. The molecule has 0 spiro atoms. The smallest absolute Gasteiger partial charge is 0.246 e. The van der Waals surface area contributed by atoms with Crippen LogP contribution in [-0.4, -0.2) is 17.5 Å². The molecule has 138 valence electrons. The van der Waals surface area contributed by atoms with Crippen molar-refractivity contribution in [1.82, 2.24) is 4.57 Å². The van der Waals surface area contributed by atoms with Crippen LogP contribution in [0.5, 0.6) is 0 Å². The number of nitrogens with zero attached hydrogens (tertiary/aromatic N) is 2. The Labute approximate surface area is 164 Å². The van der Waals surface area contributed by atoms with Gasteiger partial charge in [-0.15, -0.1) is 0 Å². The number of aryl methyl sites for hydroxylation is 2. The number of para-hydroxylation sites is 1. The molecule has 0 aliphatic carbocycles. The Balaban J connectivity index is 1.96. The molecule has 1 unspecified atom stereocenters. The van der Waals surface area contributed by atoms with Crippen molar-refractivity contribution in [3.8, 4) is 0 Å². The summed E-state index contributed by atoms with van der Waals surface area (Å²) in [5.74, 6) is 0.0907. The van der Waals surface area contributed by atoms with Crippen LogP contribution in [0.25, 0.3) is 10.9 Å². The molecule has 0 saturated heterocycles. The highest BCUT2D eigenvalue weighted by Gasteiger charge is 2.53. The lowest BCUT2D eigenvalue weighted by Crippen LogP contribution is -2.40. The molecule has 0 radical (unpaired) electrons. The lowest BCUT2D eigenvalue weighted by molar-refractivity contribution is -0.120. The summed E-state index contributed by atoms with van der Waals surface area (Å²) < 4.78 is 2.14. The van der Waals surface area contributed by atoms with Crippen molar-refractivity contribution in [2.24, 2.45) is 7.05 Å². The number of aromatic nitrogens is 1. The molecule has 1 aliphatic heterocycles. The molecule has 0 saturated carbocycles. The summed E-state index contributed by atoms with van der Waals surface area (Å²) in [6.07, 6.45) is 2.13. The predicted octanol–water partition coefficient (Wildman–Crippen LogP) is 4.80. The molecule has 28 heavy (non-hydrogen) atoms. The van der Waals surface area contributed by atoms with Gasteiger partial charge in [-0.2, -0.15) is 0 Å². The zero-order valence-corrected chi connectivity index (χ0v) is 16.3. The highest BCUT2D eigenvalue weighted by molar-refractivity contribution is 6.14. The number of fused-ring (bicyclic) bond motifs is 2. The number of rotatable bonds is 2. The van der Waals surface area contributed by atoms with Gasteiger partial charge in [0.2, 0.25) is 5.91 Å². The third kappa shape index (κ3) is 2.02. The van der Waals surface area contributed by atoms with Gasteiger partial charge >= 0.3 is 0 Å². The van der Waals surface area contributed by atoms with Gasteiger partial charge in [-0.3, -0.25) is 4.79 Å². The van der Waals surface area contributed by atoms with Gasteiger partial charge in [0.15, 0.2) is 0 Å². The fraction of sp³-hybridized carbons (Fsp3) is 0.160. The number of likely N-dealkylation sites (N-methyl/N-ethyl adjacent to an activating group) is 1. The van der Waals surface area contributed by atoms with Gasteiger partial charge in [0.25, 0.3) is 0 Å². The first-order chi connectivity index (χ1) is 13.5. The third-order valence-electron chi connectivity index (χ3n) is 6.05. The van der Waals surface area contributed by atoms with Gasteiger partial charge in [0, 0.05) is 48.0 Å². The van der Waals surface area contributed by atoms with Crippen molar-refractivity contribution >= 4 is 22.5 Å². The summed E-state index contributed by atoms with van der Waals surface area (Å²) in [7, 11) is 3.93. The molecule has 2 heterocycles. The van der Waals surface area contributed by atoms with Crippen molar-refractivity contribution < 1.29 is 4.79 Å². The minimum Gasteiger partial charge on any atom is -0.350 e. The van der Waals surface area contributed by atoms with E-state index in [2.05, 4.69) is 61.1 Å². The van der Waals surface area contributed by atoms with E-state index >= 15 is 0 Å². The Morgan fingerprint density at radius 1 is 0.821 bits per heavy atom. The first kappa shape index (κ1) is 16.8. The number of hydrogen-bond acceptors (Lipinski definition) is 1. The van der Waals surface area contributed by atoms with Crippen LogP contribution in [0.3, 0.4) is 0 Å². The highest BCUT2D eigenvalue weighted by Crippen LogP contribution is 2.51. The maximum Gasteiger partial charge on any atom is 0.246 e. The largest absolute Gasteiger partial charge is 0.350 e. The third-order valence-corrected chi connectivity index (χ3v) is 6.05. The van der Waals surface area contributed by atoms with E-state index in [1.165, 1.54) is 5.56 Å². The lowest BCUT2D eigenvalue weighted by Gasteiger charge is -2.29. The summed E-state index contributed by atoms with van der Waals surface area (Å²) in [4.78, 5) is 15.7. The van der Waals surface area contributed by atoms with Gasteiger partial charge < -0.3 is 9.47 Å². The molecule has 4 aromatic rings. The van der Waals surface area contributed by atoms with E-state index in [1.54, 1.807) is 4.90 Å². The number of benzene rings is 3. The first-order valence-corrected chi connectivity index (χ1v) is 9.54. The van der Waals surface area contributed by atoms with Crippen LogP contribution in [-0.2, 0) is 17.3 Å². The van der Waals surface area contributed by atoms with E-state index in [4.69, 9.17) is 0 Å². The Kier molecular flexibility index (Phi) is 3.50. The van der Waals surface area contributed by atoms with E-state index in [0.717, 1.165) is 33.3 Å². The molecular formula is C25H22N2O. The Morgan fingerprint density at radius 2 is 1.54 bits per heavy atom. The van der Waals surface area contributed by atoms with E-state index in [0.29, 0.717) is 0 Å². The Morgan fingerprint density at radius 3 is 2.32 bits per heavy atom. The lowest BCUT2D eigenvalue weighted by atomic mass is 9.70. The average molecular weight is 366 g/mol. The summed E-state index contributed by atoms with van der Waals surface area (Å²) in [5.41, 5.74) is 5.57. The van der Waals surface area contributed by atoms with Gasteiger partial charge in [-0.25, -0.2) is 0 Å². The number of hydrogen-bond donors (Lipinski definition) is 0. The average Bonchev–Trinajstić information content (AvgIpc) is 3.16. The highest BCUT2D eigenvalue weighted by atomic mass is 16.2. The van der Waals surface area contributed by atoms with Crippen LogP contribution < -0.4 is 4.90 Å². The molecular weight excluding hydrogens is 344 g/mol. The van der Waals surface area contributed by atoms with Gasteiger partial charge in [0.1, 0.15) is 5.41 Å². The standard InChI is InChI=1S/C25H22N2O/c1-17-13-14-19-21(16-26(2)23(19)15-17)25(18-9-5-4-6-10-18)20-11-7-8-12-22(20)27(3)24(25)28/h4-16H,1-3H3. The zero-order valence-electron chi connectivity index (χ0n) is 16.3. The molecule has 3 nitrogen and oxygen atoms in total. The fourth-order valence-corrected chi connectivity index (χ4v) is 4.74. The maximum atomic E-state index is 13.9. The van der Waals surface area contributed by atoms with Gasteiger partial charge in [-0.05, 0) is 30.2 Å². The number of anilines is 1. The number of carbonyl (C=O) groups excluding carboxylic acids is 1. The molecule has 0 N–H and O–H groups in total. The molecule has 0 bridgehead atoms. The van der Waals surface area contributed by atoms with Crippen LogP contribution in [0, 0.1) is 6.92 Å². The molecule has 3 aromatic carbocycles.